The van der Waals surface area contributed by atoms with Gasteiger partial charge in [0.2, 0.25) is 0 Å². The van der Waals surface area contributed by atoms with E-state index in [9.17, 15) is 0 Å². The van der Waals surface area contributed by atoms with Gasteiger partial charge in [-0.2, -0.15) is 0 Å². The van der Waals surface area contributed by atoms with Gasteiger partial charge in [0.1, 0.15) is 0 Å². The Balaban J connectivity index is 2.58. The van der Waals surface area contributed by atoms with Crippen molar-refractivity contribution in [2.75, 3.05) is 0 Å². The molecule has 0 radical (unpaired) electrons. The summed E-state index contributed by atoms with van der Waals surface area (Å²) in [5, 5.41) is 0.770. The Kier molecular flexibility index (Phi) is 3.53. The first-order chi connectivity index (χ1) is 5.72. The highest BCUT2D eigenvalue weighted by Gasteiger charge is 1.99. The largest absolute Gasteiger partial charge is 0.271 e. The van der Waals surface area contributed by atoms with Crippen LogP contribution in [0.3, 0.4) is 0 Å². The lowest BCUT2D eigenvalue weighted by molar-refractivity contribution is 0.568. The summed E-state index contributed by atoms with van der Waals surface area (Å²) < 4.78 is 0. The molecule has 1 rings (SSSR count). The van der Waals surface area contributed by atoms with Crippen LogP contribution in [0.15, 0.2) is 24.3 Å². The van der Waals surface area contributed by atoms with Crippen molar-refractivity contribution < 1.29 is 0 Å². The van der Waals surface area contributed by atoms with Crippen molar-refractivity contribution in [3.63, 3.8) is 0 Å². The van der Waals surface area contributed by atoms with Gasteiger partial charge >= 0.3 is 0 Å². The summed E-state index contributed by atoms with van der Waals surface area (Å²) in [5.74, 6) is 5.27. The quantitative estimate of drug-likeness (QED) is 0.555. The lowest BCUT2D eigenvalue weighted by Crippen LogP contribution is -2.33. The molecule has 66 valence electrons. The van der Waals surface area contributed by atoms with Crippen molar-refractivity contribution in [3.05, 3.63) is 34.9 Å². The van der Waals surface area contributed by atoms with Gasteiger partial charge in [-0.15, -0.1) is 0 Å². The second-order valence-electron chi connectivity index (χ2n) is 2.90. The van der Waals surface area contributed by atoms with E-state index in [0.717, 1.165) is 11.4 Å². The van der Waals surface area contributed by atoms with E-state index in [4.69, 9.17) is 17.4 Å². The van der Waals surface area contributed by atoms with E-state index in [1.165, 1.54) is 5.56 Å². The van der Waals surface area contributed by atoms with Crippen LogP contribution in [-0.2, 0) is 6.42 Å². The van der Waals surface area contributed by atoms with Gasteiger partial charge in [0.25, 0.3) is 0 Å². The highest BCUT2D eigenvalue weighted by atomic mass is 35.5. The van der Waals surface area contributed by atoms with E-state index in [1.807, 2.05) is 31.2 Å². The molecular formula is C9H13ClN2. The van der Waals surface area contributed by atoms with Gasteiger partial charge in [-0.25, -0.2) is 0 Å². The van der Waals surface area contributed by atoms with Crippen LogP contribution in [0, 0.1) is 0 Å². The first kappa shape index (κ1) is 9.52. The second kappa shape index (κ2) is 4.45. The number of nitrogens with one attached hydrogen (secondary N) is 1. The molecule has 2 nitrogen and oxygen atoms in total. The Hall–Kier alpha value is -0.570. The fourth-order valence-corrected chi connectivity index (χ4v) is 1.16. The number of hydrazine groups is 1. The molecule has 0 unspecified atom stereocenters. The van der Waals surface area contributed by atoms with Crippen LogP contribution in [0.1, 0.15) is 12.5 Å². The van der Waals surface area contributed by atoms with Gasteiger partial charge in [-0.05, 0) is 31.0 Å². The van der Waals surface area contributed by atoms with E-state index >= 15 is 0 Å². The molecular weight excluding hydrogens is 172 g/mol. The van der Waals surface area contributed by atoms with E-state index in [1.54, 1.807) is 0 Å². The van der Waals surface area contributed by atoms with Crippen LogP contribution in [-0.4, -0.2) is 6.04 Å². The maximum absolute atomic E-state index is 5.74. The highest BCUT2D eigenvalue weighted by Crippen LogP contribution is 2.10. The zero-order chi connectivity index (χ0) is 8.97. The molecule has 0 aliphatic heterocycles. The molecule has 3 N–H and O–H groups in total. The molecule has 0 spiro atoms. The number of benzene rings is 1. The summed E-state index contributed by atoms with van der Waals surface area (Å²) in [4.78, 5) is 0. The summed E-state index contributed by atoms with van der Waals surface area (Å²) in [5.41, 5.74) is 3.94. The van der Waals surface area contributed by atoms with E-state index in [0.29, 0.717) is 6.04 Å². The zero-order valence-corrected chi connectivity index (χ0v) is 7.81. The third-order valence-electron chi connectivity index (χ3n) is 1.74. The molecule has 3 heteroatoms. The lowest BCUT2D eigenvalue weighted by Gasteiger charge is -2.08. The number of hydrogen-bond donors (Lipinski definition) is 2. The topological polar surface area (TPSA) is 38.0 Å². The maximum Gasteiger partial charge on any atom is 0.0406 e. The maximum atomic E-state index is 5.74. The summed E-state index contributed by atoms with van der Waals surface area (Å²) in [7, 11) is 0. The number of halogens is 1. The van der Waals surface area contributed by atoms with Crippen LogP contribution in [0.4, 0.5) is 0 Å². The third kappa shape index (κ3) is 2.81. The molecule has 1 atom stereocenters. The van der Waals surface area contributed by atoms with Crippen molar-refractivity contribution in [1.29, 1.82) is 0 Å². The van der Waals surface area contributed by atoms with Crippen molar-refractivity contribution >= 4 is 11.6 Å². The molecule has 0 fully saturated rings. The Bertz CT molecular complexity index is 233. The van der Waals surface area contributed by atoms with Crippen molar-refractivity contribution in [2.24, 2.45) is 5.84 Å². The average Bonchev–Trinajstić information content (AvgIpc) is 2.09. The number of hydrogen-bond acceptors (Lipinski definition) is 2. The predicted molar refractivity (Wildman–Crippen MR) is 51.9 cm³/mol. The Morgan fingerprint density at radius 1 is 1.42 bits per heavy atom. The fourth-order valence-electron chi connectivity index (χ4n) is 1.03. The van der Waals surface area contributed by atoms with E-state index < -0.39 is 0 Å². The van der Waals surface area contributed by atoms with E-state index in [2.05, 4.69) is 5.43 Å². The molecule has 0 bridgehead atoms. The minimum Gasteiger partial charge on any atom is -0.271 e. The molecule has 0 amide bonds. The van der Waals surface area contributed by atoms with Crippen molar-refractivity contribution in [1.82, 2.24) is 5.43 Å². The van der Waals surface area contributed by atoms with Gasteiger partial charge in [0, 0.05) is 11.1 Å². The van der Waals surface area contributed by atoms with Gasteiger partial charge < -0.3 is 0 Å². The SMILES string of the molecule is C[C@@H](Cc1ccc(Cl)cc1)NN. The Morgan fingerprint density at radius 3 is 2.50 bits per heavy atom. The molecule has 0 saturated heterocycles. The van der Waals surface area contributed by atoms with Gasteiger partial charge in [-0.3, -0.25) is 11.3 Å². The summed E-state index contributed by atoms with van der Waals surface area (Å²) in [6.07, 6.45) is 0.924. The molecule has 1 aromatic carbocycles. The highest BCUT2D eigenvalue weighted by molar-refractivity contribution is 6.30. The fraction of sp³-hybridized carbons (Fsp3) is 0.333. The normalized spacial score (nSPS) is 12.9. The van der Waals surface area contributed by atoms with Crippen LogP contribution in [0.25, 0.3) is 0 Å². The molecule has 0 heterocycles. The lowest BCUT2D eigenvalue weighted by atomic mass is 10.1. The summed E-state index contributed by atoms with van der Waals surface area (Å²) in [6.45, 7) is 2.04. The van der Waals surface area contributed by atoms with Gasteiger partial charge in [-0.1, -0.05) is 23.7 Å². The molecule has 0 aromatic heterocycles. The minimum atomic E-state index is 0.297. The molecule has 1 aromatic rings. The predicted octanol–water partition coefficient (Wildman–Crippen LogP) is 1.73. The standard InChI is InChI=1S/C9H13ClN2/c1-7(12-11)6-8-2-4-9(10)5-3-8/h2-5,7,12H,6,11H2,1H3/t7-/m0/s1. The van der Waals surface area contributed by atoms with E-state index in [-0.39, 0.29) is 0 Å². The van der Waals surface area contributed by atoms with Crippen LogP contribution in [0.2, 0.25) is 5.02 Å². The Labute approximate surface area is 77.7 Å². The van der Waals surface area contributed by atoms with Crippen LogP contribution < -0.4 is 11.3 Å². The molecule has 0 aliphatic rings. The van der Waals surface area contributed by atoms with Crippen LogP contribution in [0.5, 0.6) is 0 Å². The summed E-state index contributed by atoms with van der Waals surface area (Å²) in [6, 6.07) is 8.10. The van der Waals surface area contributed by atoms with Crippen LogP contribution >= 0.6 is 11.6 Å². The third-order valence-corrected chi connectivity index (χ3v) is 1.99. The first-order valence-electron chi connectivity index (χ1n) is 3.93. The molecule has 0 aliphatic carbocycles. The number of nitrogens with two attached hydrogens (primary N) is 1. The monoisotopic (exact) mass is 184 g/mol. The minimum absolute atomic E-state index is 0.297. The van der Waals surface area contributed by atoms with Gasteiger partial charge in [0.15, 0.2) is 0 Å². The second-order valence-corrected chi connectivity index (χ2v) is 3.33. The van der Waals surface area contributed by atoms with Crippen molar-refractivity contribution in [3.8, 4) is 0 Å². The number of rotatable bonds is 3. The smallest absolute Gasteiger partial charge is 0.0406 e. The zero-order valence-electron chi connectivity index (χ0n) is 7.05. The first-order valence-corrected chi connectivity index (χ1v) is 4.30. The average molecular weight is 185 g/mol. The molecule has 0 saturated carbocycles. The van der Waals surface area contributed by atoms with Gasteiger partial charge in [0.05, 0.1) is 0 Å². The van der Waals surface area contributed by atoms with Crippen molar-refractivity contribution in [2.45, 2.75) is 19.4 Å². The Morgan fingerprint density at radius 2 is 2.00 bits per heavy atom. The summed E-state index contributed by atoms with van der Waals surface area (Å²) >= 11 is 5.74. The molecule has 12 heavy (non-hydrogen) atoms.